The van der Waals surface area contributed by atoms with Crippen LogP contribution in [0.15, 0.2) is 53.6 Å². The molecule has 2 heterocycles. The molecule has 7 nitrogen and oxygen atoms in total. The van der Waals surface area contributed by atoms with Crippen molar-refractivity contribution >= 4 is 26.8 Å². The molecule has 164 valence electrons. The molecular weight excluding hydrogens is 426 g/mol. The van der Waals surface area contributed by atoms with Crippen LogP contribution in [0.25, 0.3) is 22.0 Å². The van der Waals surface area contributed by atoms with Gasteiger partial charge in [0.1, 0.15) is 12.0 Å². The zero-order valence-electron chi connectivity index (χ0n) is 16.5. The maximum Gasteiger partial charge on any atom is 0.240 e. The van der Waals surface area contributed by atoms with Gasteiger partial charge in [-0.25, -0.2) is 21.9 Å². The third-order valence-corrected chi connectivity index (χ3v) is 6.87. The summed E-state index contributed by atoms with van der Waals surface area (Å²) >= 11 is 0. The number of halogens is 2. The van der Waals surface area contributed by atoms with Gasteiger partial charge in [-0.3, -0.25) is 4.79 Å². The summed E-state index contributed by atoms with van der Waals surface area (Å²) < 4.78 is 54.3. The number of carbonyl (C=O) groups excluding carboxylic acids is 1. The molecule has 0 saturated carbocycles. The van der Waals surface area contributed by atoms with E-state index in [2.05, 4.69) is 9.71 Å². The smallest absolute Gasteiger partial charge is 0.240 e. The molecule has 1 amide bonds. The van der Waals surface area contributed by atoms with E-state index in [0.717, 1.165) is 16.5 Å². The van der Waals surface area contributed by atoms with E-state index in [1.165, 1.54) is 29.2 Å². The van der Waals surface area contributed by atoms with Gasteiger partial charge in [-0.1, -0.05) is 12.1 Å². The summed E-state index contributed by atoms with van der Waals surface area (Å²) in [6, 6.07) is 9.99. The molecule has 3 aromatic rings. The molecule has 2 atom stereocenters. The van der Waals surface area contributed by atoms with Gasteiger partial charge in [-0.15, -0.1) is 0 Å². The van der Waals surface area contributed by atoms with E-state index in [9.17, 15) is 22.0 Å². The van der Waals surface area contributed by atoms with Crippen LogP contribution in [-0.4, -0.2) is 56.1 Å². The molecule has 31 heavy (non-hydrogen) atoms. The first-order valence-electron chi connectivity index (χ1n) is 9.79. The van der Waals surface area contributed by atoms with E-state index in [1.807, 2.05) is 0 Å². The molecule has 0 bridgehead atoms. The van der Waals surface area contributed by atoms with Crippen LogP contribution in [0, 0.1) is 5.82 Å². The molecular formula is C21H22F2N4O3S. The number of carbonyl (C=O) groups is 1. The van der Waals surface area contributed by atoms with Gasteiger partial charge >= 0.3 is 0 Å². The van der Waals surface area contributed by atoms with Crippen molar-refractivity contribution in [1.29, 1.82) is 0 Å². The van der Waals surface area contributed by atoms with Crippen LogP contribution < -0.4 is 10.5 Å². The first kappa shape index (κ1) is 21.4. The number of fused-ring (bicyclic) bond motifs is 1. The Labute approximate surface area is 178 Å². The molecule has 1 unspecified atom stereocenters. The molecule has 1 aliphatic heterocycles. The highest BCUT2D eigenvalue weighted by Gasteiger charge is 2.32. The molecule has 0 spiro atoms. The number of alkyl halides is 1. The van der Waals surface area contributed by atoms with Gasteiger partial charge in [0, 0.05) is 42.2 Å². The maximum absolute atomic E-state index is 13.4. The predicted octanol–water partition coefficient (Wildman–Crippen LogP) is 2.15. The van der Waals surface area contributed by atoms with E-state index in [-0.39, 0.29) is 42.7 Å². The molecule has 0 radical (unpaired) electrons. The van der Waals surface area contributed by atoms with Crippen molar-refractivity contribution in [3.05, 3.63) is 54.5 Å². The minimum Gasteiger partial charge on any atom is -0.360 e. The number of hydrogen-bond donors (Lipinski definition) is 3. The minimum absolute atomic E-state index is 0.0570. The van der Waals surface area contributed by atoms with Crippen LogP contribution in [0.5, 0.6) is 0 Å². The number of nitrogens with two attached hydrogens (primary N) is 1. The van der Waals surface area contributed by atoms with Crippen LogP contribution in [-0.2, 0) is 14.8 Å². The summed E-state index contributed by atoms with van der Waals surface area (Å²) in [5.41, 5.74) is 7.82. The maximum atomic E-state index is 13.4. The topological polar surface area (TPSA) is 108 Å². The number of benzene rings is 2. The highest BCUT2D eigenvalue weighted by molar-refractivity contribution is 7.89. The van der Waals surface area contributed by atoms with Crippen LogP contribution in [0.2, 0.25) is 0 Å². The van der Waals surface area contributed by atoms with Gasteiger partial charge in [-0.2, -0.15) is 0 Å². The van der Waals surface area contributed by atoms with Gasteiger partial charge < -0.3 is 15.6 Å². The molecule has 1 saturated heterocycles. The average molecular weight is 448 g/mol. The lowest BCUT2D eigenvalue weighted by Gasteiger charge is -2.15. The van der Waals surface area contributed by atoms with E-state index < -0.39 is 22.2 Å². The molecule has 0 aliphatic carbocycles. The van der Waals surface area contributed by atoms with Gasteiger partial charge in [0.05, 0.1) is 17.5 Å². The number of aromatic amines is 1. The van der Waals surface area contributed by atoms with Crippen molar-refractivity contribution in [2.75, 3.05) is 19.6 Å². The second kappa shape index (κ2) is 8.37. The summed E-state index contributed by atoms with van der Waals surface area (Å²) in [6.45, 7) is -0.0248. The van der Waals surface area contributed by atoms with E-state index >= 15 is 0 Å². The van der Waals surface area contributed by atoms with Crippen LogP contribution in [0.1, 0.15) is 6.42 Å². The minimum atomic E-state index is -3.81. The highest BCUT2D eigenvalue weighted by atomic mass is 32.2. The normalized spacial score (nSPS) is 19.3. The third-order valence-electron chi connectivity index (χ3n) is 5.39. The Morgan fingerprint density at radius 1 is 1.19 bits per heavy atom. The lowest BCUT2D eigenvalue weighted by atomic mass is 10.1. The standard InChI is InChI=1S/C21H22F2N4O3S/c22-14-3-6-16-17(10-25-20(16)9-14)13-1-4-15(5-2-13)31(29,30)26-8-7-21(28)27-11-18(23)19(24)12-27/h1-6,9-10,18-19,25-26H,7-8,11-12,24H2/t18?,19-/m0/s1. The Morgan fingerprint density at radius 2 is 1.94 bits per heavy atom. The van der Waals surface area contributed by atoms with E-state index in [4.69, 9.17) is 5.73 Å². The largest absolute Gasteiger partial charge is 0.360 e. The SMILES string of the molecule is N[C@H]1CN(C(=O)CCNS(=O)(=O)c2ccc(-c3c[nH]c4cc(F)ccc34)cc2)CC1F. The Morgan fingerprint density at radius 3 is 2.61 bits per heavy atom. The monoisotopic (exact) mass is 448 g/mol. The summed E-state index contributed by atoms with van der Waals surface area (Å²) in [5, 5.41) is 0.825. The van der Waals surface area contributed by atoms with Gasteiger partial charge in [0.25, 0.3) is 0 Å². The second-order valence-electron chi connectivity index (χ2n) is 7.54. The highest BCUT2D eigenvalue weighted by Crippen LogP contribution is 2.29. The zero-order chi connectivity index (χ0) is 22.2. The molecule has 4 N–H and O–H groups in total. The Kier molecular flexibility index (Phi) is 5.78. The fourth-order valence-corrected chi connectivity index (χ4v) is 4.71. The van der Waals surface area contributed by atoms with Crippen molar-refractivity contribution in [3.8, 4) is 11.1 Å². The summed E-state index contributed by atoms with van der Waals surface area (Å²) in [5.74, 6) is -0.687. The number of likely N-dealkylation sites (tertiary alicyclic amines) is 1. The zero-order valence-corrected chi connectivity index (χ0v) is 17.3. The molecule has 2 aromatic carbocycles. The molecule has 1 fully saturated rings. The fourth-order valence-electron chi connectivity index (χ4n) is 3.68. The fraction of sp³-hybridized carbons (Fsp3) is 0.286. The van der Waals surface area contributed by atoms with Crippen LogP contribution in [0.3, 0.4) is 0 Å². The lowest BCUT2D eigenvalue weighted by Crippen LogP contribution is -2.35. The number of amides is 1. The third kappa shape index (κ3) is 4.46. The van der Waals surface area contributed by atoms with Gasteiger partial charge in [0.15, 0.2) is 0 Å². The van der Waals surface area contributed by atoms with Crippen LogP contribution in [0.4, 0.5) is 8.78 Å². The average Bonchev–Trinajstić information content (AvgIpc) is 3.30. The first-order chi connectivity index (χ1) is 14.7. The first-order valence-corrected chi connectivity index (χ1v) is 11.3. The Bertz CT molecular complexity index is 1200. The summed E-state index contributed by atoms with van der Waals surface area (Å²) in [6.07, 6.45) is 0.405. The van der Waals surface area contributed by atoms with Crippen molar-refractivity contribution in [1.82, 2.24) is 14.6 Å². The molecule has 4 rings (SSSR count). The van der Waals surface area contributed by atoms with Crippen molar-refractivity contribution in [2.24, 2.45) is 5.73 Å². The number of hydrogen-bond acceptors (Lipinski definition) is 4. The van der Waals surface area contributed by atoms with Crippen molar-refractivity contribution < 1.29 is 22.0 Å². The Balaban J connectivity index is 1.40. The summed E-state index contributed by atoms with van der Waals surface area (Å²) in [4.78, 5) is 16.5. The number of sulfonamides is 1. The number of rotatable bonds is 6. The number of nitrogens with zero attached hydrogens (tertiary/aromatic N) is 1. The molecule has 1 aliphatic rings. The molecule has 1 aromatic heterocycles. The second-order valence-corrected chi connectivity index (χ2v) is 9.31. The van der Waals surface area contributed by atoms with Crippen molar-refractivity contribution in [2.45, 2.75) is 23.5 Å². The van der Waals surface area contributed by atoms with Gasteiger partial charge in [-0.05, 0) is 35.9 Å². The van der Waals surface area contributed by atoms with Crippen molar-refractivity contribution in [3.63, 3.8) is 0 Å². The van der Waals surface area contributed by atoms with E-state index in [1.54, 1.807) is 24.4 Å². The lowest BCUT2D eigenvalue weighted by molar-refractivity contribution is -0.130. The number of aromatic nitrogens is 1. The Hall–Kier alpha value is -2.82. The number of H-pyrrole nitrogens is 1. The van der Waals surface area contributed by atoms with Crippen LogP contribution >= 0.6 is 0 Å². The molecule has 10 heteroatoms. The quantitative estimate of drug-likeness (QED) is 0.537. The summed E-state index contributed by atoms with van der Waals surface area (Å²) in [7, 11) is -3.81. The van der Waals surface area contributed by atoms with E-state index in [0.29, 0.717) is 5.52 Å². The predicted molar refractivity (Wildman–Crippen MR) is 113 cm³/mol. The number of nitrogens with one attached hydrogen (secondary N) is 2. The van der Waals surface area contributed by atoms with Gasteiger partial charge in [0.2, 0.25) is 15.9 Å².